The lowest BCUT2D eigenvalue weighted by molar-refractivity contribution is -0.115. The molecule has 2 aromatic rings. The lowest BCUT2D eigenvalue weighted by Crippen LogP contribution is -2.10. The van der Waals surface area contributed by atoms with Gasteiger partial charge in [0.1, 0.15) is 0 Å². The number of rotatable bonds is 5. The molecule has 0 radical (unpaired) electrons. The van der Waals surface area contributed by atoms with Crippen LogP contribution in [0.25, 0.3) is 0 Å². The van der Waals surface area contributed by atoms with E-state index < -0.39 is 0 Å². The van der Waals surface area contributed by atoms with Crippen LogP contribution in [0.5, 0.6) is 0 Å². The fourth-order valence-corrected chi connectivity index (χ4v) is 2.01. The van der Waals surface area contributed by atoms with Gasteiger partial charge in [0.2, 0.25) is 5.91 Å². The largest absolute Gasteiger partial charge is 0.381 e. The molecule has 4 heteroatoms. The van der Waals surface area contributed by atoms with Crippen molar-refractivity contribution in [2.75, 3.05) is 10.6 Å². The molecule has 0 atom stereocenters. The van der Waals surface area contributed by atoms with Crippen molar-refractivity contribution in [3.8, 4) is 0 Å². The standard InChI is InChI=1S/C17H21N3O/c1-4-17(21)20-15-6-5-13(3)16(9-15)19-11-14-10-18-8-7-12(14)2/h5-10,19H,4,11H2,1-3H3,(H,20,21). The molecule has 0 fully saturated rings. The second-order valence-corrected chi connectivity index (χ2v) is 5.09. The first-order valence-electron chi connectivity index (χ1n) is 7.14. The van der Waals surface area contributed by atoms with Gasteiger partial charge in [-0.3, -0.25) is 9.78 Å². The van der Waals surface area contributed by atoms with E-state index in [1.807, 2.05) is 44.3 Å². The molecule has 21 heavy (non-hydrogen) atoms. The first-order valence-corrected chi connectivity index (χ1v) is 7.14. The number of aryl methyl sites for hydroxylation is 2. The van der Waals surface area contributed by atoms with Crippen LogP contribution in [0.3, 0.4) is 0 Å². The van der Waals surface area contributed by atoms with E-state index in [-0.39, 0.29) is 5.91 Å². The van der Waals surface area contributed by atoms with Gasteiger partial charge >= 0.3 is 0 Å². The van der Waals surface area contributed by atoms with Crippen LogP contribution in [-0.2, 0) is 11.3 Å². The topological polar surface area (TPSA) is 54.0 Å². The van der Waals surface area contributed by atoms with Crippen molar-refractivity contribution in [2.45, 2.75) is 33.7 Å². The SMILES string of the molecule is CCC(=O)Nc1ccc(C)c(NCc2cnccc2C)c1. The molecule has 1 heterocycles. The van der Waals surface area contributed by atoms with Crippen LogP contribution < -0.4 is 10.6 Å². The number of nitrogens with one attached hydrogen (secondary N) is 2. The third-order valence-electron chi connectivity index (χ3n) is 3.46. The van der Waals surface area contributed by atoms with Crippen molar-refractivity contribution in [3.05, 3.63) is 53.3 Å². The Balaban J connectivity index is 2.10. The molecule has 1 amide bonds. The quantitative estimate of drug-likeness (QED) is 0.880. The number of benzene rings is 1. The van der Waals surface area contributed by atoms with Crippen LogP contribution in [0.2, 0.25) is 0 Å². The summed E-state index contributed by atoms with van der Waals surface area (Å²) in [5.41, 5.74) is 5.36. The Labute approximate surface area is 125 Å². The van der Waals surface area contributed by atoms with E-state index >= 15 is 0 Å². The highest BCUT2D eigenvalue weighted by molar-refractivity contribution is 5.91. The normalized spacial score (nSPS) is 10.2. The average molecular weight is 283 g/mol. The van der Waals surface area contributed by atoms with E-state index in [4.69, 9.17) is 0 Å². The monoisotopic (exact) mass is 283 g/mol. The van der Waals surface area contributed by atoms with Crippen LogP contribution in [-0.4, -0.2) is 10.9 Å². The number of hydrogen-bond donors (Lipinski definition) is 2. The molecule has 0 saturated carbocycles. The van der Waals surface area contributed by atoms with E-state index in [1.54, 1.807) is 6.20 Å². The van der Waals surface area contributed by atoms with Crippen molar-refractivity contribution in [1.29, 1.82) is 0 Å². The maximum Gasteiger partial charge on any atom is 0.224 e. The van der Waals surface area contributed by atoms with Crippen molar-refractivity contribution in [3.63, 3.8) is 0 Å². The average Bonchev–Trinajstić information content (AvgIpc) is 2.49. The Morgan fingerprint density at radius 3 is 2.71 bits per heavy atom. The molecule has 0 aliphatic heterocycles. The van der Waals surface area contributed by atoms with Crippen molar-refractivity contribution < 1.29 is 4.79 Å². The van der Waals surface area contributed by atoms with Crippen LogP contribution in [0.4, 0.5) is 11.4 Å². The summed E-state index contributed by atoms with van der Waals surface area (Å²) in [5.74, 6) is 0.0212. The van der Waals surface area contributed by atoms with Crippen LogP contribution in [0.1, 0.15) is 30.0 Å². The summed E-state index contributed by atoms with van der Waals surface area (Å²) < 4.78 is 0. The molecule has 0 spiro atoms. The first-order chi connectivity index (χ1) is 10.1. The number of carbonyl (C=O) groups is 1. The second kappa shape index (κ2) is 6.88. The molecule has 2 N–H and O–H groups in total. The zero-order valence-corrected chi connectivity index (χ0v) is 12.7. The van der Waals surface area contributed by atoms with E-state index in [2.05, 4.69) is 22.5 Å². The number of nitrogens with zero attached hydrogens (tertiary/aromatic N) is 1. The summed E-state index contributed by atoms with van der Waals surface area (Å²) in [4.78, 5) is 15.6. The highest BCUT2D eigenvalue weighted by Crippen LogP contribution is 2.21. The molecule has 0 aliphatic carbocycles. The molecule has 0 bridgehead atoms. The minimum absolute atomic E-state index is 0.0212. The molecule has 0 aliphatic rings. The summed E-state index contributed by atoms with van der Waals surface area (Å²) >= 11 is 0. The van der Waals surface area contributed by atoms with Crippen LogP contribution >= 0.6 is 0 Å². The molecule has 2 rings (SSSR count). The third-order valence-corrected chi connectivity index (χ3v) is 3.46. The van der Waals surface area contributed by atoms with Crippen LogP contribution in [0.15, 0.2) is 36.7 Å². The number of anilines is 2. The Bertz CT molecular complexity index is 638. The molecular weight excluding hydrogens is 262 g/mol. The van der Waals surface area contributed by atoms with E-state index in [0.29, 0.717) is 13.0 Å². The highest BCUT2D eigenvalue weighted by Gasteiger charge is 2.04. The molecule has 1 aromatic carbocycles. The zero-order valence-electron chi connectivity index (χ0n) is 12.7. The molecule has 0 saturated heterocycles. The molecule has 110 valence electrons. The maximum atomic E-state index is 11.5. The lowest BCUT2D eigenvalue weighted by atomic mass is 10.1. The number of pyridine rings is 1. The van der Waals surface area contributed by atoms with Crippen molar-refractivity contribution >= 4 is 17.3 Å². The van der Waals surface area contributed by atoms with Gasteiger partial charge in [-0.1, -0.05) is 13.0 Å². The van der Waals surface area contributed by atoms with Crippen LogP contribution in [0, 0.1) is 13.8 Å². The minimum Gasteiger partial charge on any atom is -0.381 e. The Morgan fingerprint density at radius 2 is 2.00 bits per heavy atom. The third kappa shape index (κ3) is 4.05. The molecule has 0 unspecified atom stereocenters. The first kappa shape index (κ1) is 15.0. The van der Waals surface area contributed by atoms with Gasteiger partial charge < -0.3 is 10.6 Å². The number of carbonyl (C=O) groups excluding carboxylic acids is 1. The predicted octanol–water partition coefficient (Wildman–Crippen LogP) is 3.66. The van der Waals surface area contributed by atoms with Gasteiger partial charge in [0.25, 0.3) is 0 Å². The van der Waals surface area contributed by atoms with Gasteiger partial charge in [-0.25, -0.2) is 0 Å². The number of aromatic nitrogens is 1. The summed E-state index contributed by atoms with van der Waals surface area (Å²) in [6.45, 7) is 6.67. The zero-order chi connectivity index (χ0) is 15.2. The Kier molecular flexibility index (Phi) is 4.93. The van der Waals surface area contributed by atoms with Gasteiger partial charge in [-0.2, -0.15) is 0 Å². The number of amides is 1. The summed E-state index contributed by atoms with van der Waals surface area (Å²) in [6.07, 6.45) is 4.15. The van der Waals surface area contributed by atoms with Gasteiger partial charge in [-0.05, 0) is 48.7 Å². The molecular formula is C17H21N3O. The van der Waals surface area contributed by atoms with E-state index in [1.165, 1.54) is 11.1 Å². The Morgan fingerprint density at radius 1 is 1.19 bits per heavy atom. The smallest absolute Gasteiger partial charge is 0.224 e. The molecule has 4 nitrogen and oxygen atoms in total. The summed E-state index contributed by atoms with van der Waals surface area (Å²) in [7, 11) is 0. The summed E-state index contributed by atoms with van der Waals surface area (Å²) in [6, 6.07) is 7.89. The van der Waals surface area contributed by atoms with Gasteiger partial charge in [0, 0.05) is 36.7 Å². The maximum absolute atomic E-state index is 11.5. The van der Waals surface area contributed by atoms with E-state index in [9.17, 15) is 4.79 Å². The minimum atomic E-state index is 0.0212. The van der Waals surface area contributed by atoms with Gasteiger partial charge in [0.05, 0.1) is 0 Å². The lowest BCUT2D eigenvalue weighted by Gasteiger charge is -2.13. The molecule has 1 aromatic heterocycles. The predicted molar refractivity (Wildman–Crippen MR) is 86.4 cm³/mol. The van der Waals surface area contributed by atoms with Gasteiger partial charge in [0.15, 0.2) is 0 Å². The van der Waals surface area contributed by atoms with Crippen molar-refractivity contribution in [2.24, 2.45) is 0 Å². The summed E-state index contributed by atoms with van der Waals surface area (Å²) in [5, 5.41) is 6.29. The second-order valence-electron chi connectivity index (χ2n) is 5.09. The van der Waals surface area contributed by atoms with Gasteiger partial charge in [-0.15, -0.1) is 0 Å². The van der Waals surface area contributed by atoms with E-state index in [0.717, 1.165) is 16.9 Å². The highest BCUT2D eigenvalue weighted by atomic mass is 16.1. The fourth-order valence-electron chi connectivity index (χ4n) is 2.01. The Hall–Kier alpha value is -2.36. The number of hydrogen-bond acceptors (Lipinski definition) is 3. The van der Waals surface area contributed by atoms with Crippen molar-refractivity contribution in [1.82, 2.24) is 4.98 Å². The fraction of sp³-hybridized carbons (Fsp3) is 0.294.